The second-order valence-electron chi connectivity index (χ2n) is 9.76. The molecule has 0 atom stereocenters. The number of amides is 1. The third kappa shape index (κ3) is 6.05. The van der Waals surface area contributed by atoms with Gasteiger partial charge in [0.1, 0.15) is 5.82 Å². The molecule has 4 aromatic heterocycles. The second-order valence-corrected chi connectivity index (χ2v) is 9.76. The number of hydrogen-bond donors (Lipinski definition) is 1. The number of fused-ring (bicyclic) bond motifs is 1. The number of aryl methyl sites for hydroxylation is 1. The van der Waals surface area contributed by atoms with E-state index in [2.05, 4.69) is 44.3 Å². The molecule has 1 aliphatic heterocycles. The summed E-state index contributed by atoms with van der Waals surface area (Å²) in [5.41, 5.74) is 4.70. The molecule has 1 N–H and O–H groups in total. The molecule has 0 aliphatic carbocycles. The molecule has 5 heterocycles. The van der Waals surface area contributed by atoms with Crippen molar-refractivity contribution in [2.24, 2.45) is 0 Å². The lowest BCUT2D eigenvalue weighted by atomic mass is 10.1. The zero-order chi connectivity index (χ0) is 26.5. The van der Waals surface area contributed by atoms with Gasteiger partial charge in [-0.05, 0) is 42.2 Å². The molecule has 0 spiro atoms. The molecule has 1 aliphatic rings. The monoisotopic (exact) mass is 515 g/mol. The summed E-state index contributed by atoms with van der Waals surface area (Å²) in [7, 11) is 1.43. The van der Waals surface area contributed by atoms with Crippen molar-refractivity contribution in [3.63, 3.8) is 0 Å². The molecule has 0 bridgehead atoms. The number of rotatable bonds is 8. The van der Waals surface area contributed by atoms with Gasteiger partial charge in [-0.1, -0.05) is 13.8 Å². The second kappa shape index (κ2) is 11.5. The summed E-state index contributed by atoms with van der Waals surface area (Å²) in [4.78, 5) is 25.1. The van der Waals surface area contributed by atoms with E-state index in [4.69, 9.17) is 9.72 Å². The highest BCUT2D eigenvalue weighted by Gasteiger charge is 2.21. The Balaban J connectivity index is 1.19. The van der Waals surface area contributed by atoms with Crippen LogP contribution in [0.25, 0.3) is 22.2 Å². The summed E-state index contributed by atoms with van der Waals surface area (Å²) < 4.78 is 6.78. The van der Waals surface area contributed by atoms with Crippen LogP contribution in [0.5, 0.6) is 0 Å². The third-order valence-corrected chi connectivity index (χ3v) is 6.77. The highest BCUT2D eigenvalue weighted by molar-refractivity contribution is 5.81. The maximum Gasteiger partial charge on any atom is 0.409 e. The first-order valence-electron chi connectivity index (χ1n) is 12.9. The molecule has 0 aromatic carbocycles. The van der Waals surface area contributed by atoms with Crippen LogP contribution in [0, 0.1) is 0 Å². The maximum atomic E-state index is 11.6. The molecule has 0 saturated carbocycles. The smallest absolute Gasteiger partial charge is 0.409 e. The Morgan fingerprint density at radius 3 is 2.63 bits per heavy atom. The SMILES string of the molecule is COC(=O)N1CCN(CCCn2cc(-c3cnc4ccc(Nc5cc(C(C)C)cnn5)nc4c3)cn2)CC1. The van der Waals surface area contributed by atoms with E-state index in [-0.39, 0.29) is 6.09 Å². The number of methoxy groups -OCH3 is 1. The van der Waals surface area contributed by atoms with Crippen LogP contribution in [0.1, 0.15) is 31.7 Å². The van der Waals surface area contributed by atoms with E-state index >= 15 is 0 Å². The van der Waals surface area contributed by atoms with Crippen LogP contribution in [0.4, 0.5) is 16.4 Å². The Hall–Kier alpha value is -4.12. The number of nitrogens with one attached hydrogen (secondary N) is 1. The standard InChI is InChI=1S/C27H33N9O2/c1-19(2)20-14-26(33-29-16-20)32-25-6-5-23-24(31-25)13-21(15-28-23)22-17-30-36(18-22)8-4-7-34-9-11-35(12-10-34)27(37)38-3/h5-6,13-19H,4,7-12H2,1-3H3,(H,31,32,33). The molecule has 4 aromatic rings. The first-order chi connectivity index (χ1) is 18.5. The number of anilines is 2. The van der Waals surface area contributed by atoms with Gasteiger partial charge in [-0.25, -0.2) is 9.78 Å². The molecule has 198 valence electrons. The minimum absolute atomic E-state index is 0.245. The van der Waals surface area contributed by atoms with E-state index in [0.29, 0.717) is 30.6 Å². The van der Waals surface area contributed by atoms with Gasteiger partial charge in [-0.3, -0.25) is 14.6 Å². The van der Waals surface area contributed by atoms with Gasteiger partial charge in [-0.2, -0.15) is 10.2 Å². The molecule has 0 radical (unpaired) electrons. The lowest BCUT2D eigenvalue weighted by Crippen LogP contribution is -2.48. The Kier molecular flexibility index (Phi) is 7.73. The zero-order valence-corrected chi connectivity index (χ0v) is 22.0. The predicted molar refractivity (Wildman–Crippen MR) is 145 cm³/mol. The minimum Gasteiger partial charge on any atom is -0.453 e. The van der Waals surface area contributed by atoms with E-state index in [1.54, 1.807) is 11.1 Å². The molecular formula is C27H33N9O2. The van der Waals surface area contributed by atoms with Gasteiger partial charge in [0.25, 0.3) is 0 Å². The molecule has 1 amide bonds. The fourth-order valence-corrected chi connectivity index (χ4v) is 4.50. The van der Waals surface area contributed by atoms with Crippen LogP contribution in [0.3, 0.4) is 0 Å². The highest BCUT2D eigenvalue weighted by atomic mass is 16.5. The summed E-state index contributed by atoms with van der Waals surface area (Å²) in [5, 5.41) is 16.1. The quantitative estimate of drug-likeness (QED) is 0.373. The van der Waals surface area contributed by atoms with Crippen molar-refractivity contribution in [3.05, 3.63) is 54.6 Å². The molecule has 11 heteroatoms. The van der Waals surface area contributed by atoms with Crippen molar-refractivity contribution in [1.82, 2.24) is 39.7 Å². The molecule has 0 unspecified atom stereocenters. The van der Waals surface area contributed by atoms with Crippen molar-refractivity contribution in [3.8, 4) is 11.1 Å². The van der Waals surface area contributed by atoms with Crippen LogP contribution in [-0.4, -0.2) is 85.7 Å². The lowest BCUT2D eigenvalue weighted by molar-refractivity contribution is 0.0902. The maximum absolute atomic E-state index is 11.6. The summed E-state index contributed by atoms with van der Waals surface area (Å²) in [5.74, 6) is 1.72. The average molecular weight is 516 g/mol. The first kappa shape index (κ1) is 25.5. The van der Waals surface area contributed by atoms with Gasteiger partial charge in [0, 0.05) is 62.8 Å². The fourth-order valence-electron chi connectivity index (χ4n) is 4.50. The Labute approximate surface area is 221 Å². The third-order valence-electron chi connectivity index (χ3n) is 6.77. The normalized spacial score (nSPS) is 14.3. The minimum atomic E-state index is -0.245. The topological polar surface area (TPSA) is 114 Å². The van der Waals surface area contributed by atoms with Gasteiger partial charge < -0.3 is 15.0 Å². The van der Waals surface area contributed by atoms with Crippen molar-refractivity contribution < 1.29 is 9.53 Å². The number of hydrogen-bond acceptors (Lipinski definition) is 9. The predicted octanol–water partition coefficient (Wildman–Crippen LogP) is 3.92. The number of pyridine rings is 2. The Bertz CT molecular complexity index is 1400. The fraction of sp³-hybridized carbons (Fsp3) is 0.407. The van der Waals surface area contributed by atoms with Gasteiger partial charge >= 0.3 is 6.09 Å². The molecular weight excluding hydrogens is 482 g/mol. The zero-order valence-electron chi connectivity index (χ0n) is 22.0. The molecule has 38 heavy (non-hydrogen) atoms. The lowest BCUT2D eigenvalue weighted by Gasteiger charge is -2.33. The average Bonchev–Trinajstić information content (AvgIpc) is 3.42. The van der Waals surface area contributed by atoms with Crippen LogP contribution >= 0.6 is 0 Å². The summed E-state index contributed by atoms with van der Waals surface area (Å²) in [6, 6.07) is 7.87. The van der Waals surface area contributed by atoms with Crippen LogP contribution in [0.15, 0.2) is 49.1 Å². The van der Waals surface area contributed by atoms with E-state index in [0.717, 1.165) is 60.3 Å². The van der Waals surface area contributed by atoms with Crippen LogP contribution in [-0.2, 0) is 11.3 Å². The van der Waals surface area contributed by atoms with Crippen molar-refractivity contribution in [2.45, 2.75) is 32.7 Å². The summed E-state index contributed by atoms with van der Waals surface area (Å²) in [6.45, 7) is 9.17. The number of nitrogens with zero attached hydrogens (tertiary/aromatic N) is 8. The van der Waals surface area contributed by atoms with Crippen molar-refractivity contribution in [2.75, 3.05) is 45.2 Å². The number of carbonyl (C=O) groups is 1. The van der Waals surface area contributed by atoms with Crippen LogP contribution < -0.4 is 5.32 Å². The molecule has 5 rings (SSSR count). The number of piperazine rings is 1. The van der Waals surface area contributed by atoms with E-state index in [1.165, 1.54) is 7.11 Å². The van der Waals surface area contributed by atoms with Crippen molar-refractivity contribution >= 4 is 28.8 Å². The molecule has 11 nitrogen and oxygen atoms in total. The summed E-state index contributed by atoms with van der Waals surface area (Å²) >= 11 is 0. The van der Waals surface area contributed by atoms with Gasteiger partial charge in [-0.15, -0.1) is 5.10 Å². The van der Waals surface area contributed by atoms with Crippen molar-refractivity contribution in [1.29, 1.82) is 0 Å². The first-order valence-corrected chi connectivity index (χ1v) is 12.9. The van der Waals surface area contributed by atoms with Crippen LogP contribution in [0.2, 0.25) is 0 Å². The largest absolute Gasteiger partial charge is 0.453 e. The summed E-state index contributed by atoms with van der Waals surface area (Å²) in [6.07, 6.45) is 8.29. The van der Waals surface area contributed by atoms with Gasteiger partial charge in [0.15, 0.2) is 5.82 Å². The van der Waals surface area contributed by atoms with E-state index in [9.17, 15) is 4.79 Å². The number of aromatic nitrogens is 6. The molecule has 1 saturated heterocycles. The highest BCUT2D eigenvalue weighted by Crippen LogP contribution is 2.24. The number of ether oxygens (including phenoxy) is 1. The van der Waals surface area contributed by atoms with Gasteiger partial charge in [0.05, 0.1) is 30.5 Å². The Morgan fingerprint density at radius 1 is 1.00 bits per heavy atom. The van der Waals surface area contributed by atoms with E-state index in [1.807, 2.05) is 47.5 Å². The molecule has 1 fully saturated rings. The van der Waals surface area contributed by atoms with E-state index < -0.39 is 0 Å². The number of carbonyl (C=O) groups excluding carboxylic acids is 1. The Morgan fingerprint density at radius 2 is 1.84 bits per heavy atom. The van der Waals surface area contributed by atoms with Gasteiger partial charge in [0.2, 0.25) is 0 Å².